The Kier molecular flexibility index (Phi) is 3.16. The molecule has 1 aromatic rings. The standard InChI is InChI=1S/C11H18N4/c1-10-4-5-11(13-12-10)15-7-3-6-14(2)8-9-15/h4-5H,3,6-9H2,1-2H3. The van der Waals surface area contributed by atoms with Gasteiger partial charge in [-0.3, -0.25) is 0 Å². The monoisotopic (exact) mass is 206 g/mol. The van der Waals surface area contributed by atoms with E-state index in [0.717, 1.165) is 31.1 Å². The molecule has 4 heteroatoms. The molecule has 2 rings (SSSR count). The van der Waals surface area contributed by atoms with Gasteiger partial charge in [-0.1, -0.05) is 0 Å². The molecule has 0 saturated carbocycles. The quantitative estimate of drug-likeness (QED) is 0.684. The topological polar surface area (TPSA) is 32.3 Å². The Bertz CT molecular complexity index is 309. The van der Waals surface area contributed by atoms with Crippen molar-refractivity contribution in [2.75, 3.05) is 38.1 Å². The second-order valence-electron chi connectivity index (χ2n) is 4.18. The van der Waals surface area contributed by atoms with Gasteiger partial charge in [0.1, 0.15) is 0 Å². The molecule has 1 aliphatic rings. The minimum atomic E-state index is 0.977. The Hall–Kier alpha value is -1.16. The highest BCUT2D eigenvalue weighted by Crippen LogP contribution is 2.11. The SMILES string of the molecule is Cc1ccc(N2CCCN(C)CC2)nn1. The first-order chi connectivity index (χ1) is 7.25. The lowest BCUT2D eigenvalue weighted by molar-refractivity contribution is 0.360. The molecule has 0 radical (unpaired) electrons. The van der Waals surface area contributed by atoms with Gasteiger partial charge in [-0.15, -0.1) is 5.10 Å². The van der Waals surface area contributed by atoms with Crippen LogP contribution in [0.2, 0.25) is 0 Å². The number of aromatic nitrogens is 2. The summed E-state index contributed by atoms with van der Waals surface area (Å²) in [6.45, 7) is 6.38. The Balaban J connectivity index is 2.06. The third-order valence-corrected chi connectivity index (χ3v) is 2.83. The summed E-state index contributed by atoms with van der Waals surface area (Å²) < 4.78 is 0. The zero-order chi connectivity index (χ0) is 10.7. The van der Waals surface area contributed by atoms with Crippen LogP contribution in [-0.2, 0) is 0 Å². The van der Waals surface area contributed by atoms with E-state index in [4.69, 9.17) is 0 Å². The molecule has 0 aliphatic carbocycles. The van der Waals surface area contributed by atoms with Crippen LogP contribution in [0.4, 0.5) is 5.82 Å². The van der Waals surface area contributed by atoms with E-state index in [1.54, 1.807) is 0 Å². The van der Waals surface area contributed by atoms with Crippen LogP contribution in [0, 0.1) is 6.92 Å². The first-order valence-corrected chi connectivity index (χ1v) is 5.49. The lowest BCUT2D eigenvalue weighted by Gasteiger charge is -2.20. The van der Waals surface area contributed by atoms with E-state index in [2.05, 4.69) is 33.1 Å². The van der Waals surface area contributed by atoms with E-state index in [-0.39, 0.29) is 0 Å². The van der Waals surface area contributed by atoms with Crippen molar-refractivity contribution in [3.8, 4) is 0 Å². The highest BCUT2D eigenvalue weighted by molar-refractivity contribution is 5.37. The zero-order valence-electron chi connectivity index (χ0n) is 9.48. The van der Waals surface area contributed by atoms with Gasteiger partial charge in [0.25, 0.3) is 0 Å². The predicted molar refractivity (Wildman–Crippen MR) is 61.1 cm³/mol. The van der Waals surface area contributed by atoms with Gasteiger partial charge >= 0.3 is 0 Å². The maximum absolute atomic E-state index is 4.23. The summed E-state index contributed by atoms with van der Waals surface area (Å²) in [6.07, 6.45) is 1.20. The molecule has 0 atom stereocenters. The van der Waals surface area contributed by atoms with Crippen LogP contribution in [0.3, 0.4) is 0 Å². The maximum atomic E-state index is 4.23. The molecule has 0 aromatic carbocycles. The molecule has 1 aromatic heterocycles. The van der Waals surface area contributed by atoms with Crippen LogP contribution in [0.1, 0.15) is 12.1 Å². The molecule has 1 saturated heterocycles. The summed E-state index contributed by atoms with van der Waals surface area (Å²) in [4.78, 5) is 4.68. The normalized spacial score (nSPS) is 18.9. The summed E-state index contributed by atoms with van der Waals surface area (Å²) in [5, 5.41) is 8.32. The molecule has 0 N–H and O–H groups in total. The number of anilines is 1. The molecule has 0 unspecified atom stereocenters. The van der Waals surface area contributed by atoms with Gasteiger partial charge in [-0.05, 0) is 39.1 Å². The van der Waals surface area contributed by atoms with Crippen molar-refractivity contribution in [1.82, 2.24) is 15.1 Å². The van der Waals surface area contributed by atoms with E-state index in [1.165, 1.54) is 13.0 Å². The number of rotatable bonds is 1. The summed E-state index contributed by atoms with van der Waals surface area (Å²) in [6, 6.07) is 4.09. The molecule has 0 spiro atoms. The fourth-order valence-electron chi connectivity index (χ4n) is 1.84. The second kappa shape index (κ2) is 4.57. The van der Waals surface area contributed by atoms with E-state index in [0.29, 0.717) is 0 Å². The summed E-state index contributed by atoms with van der Waals surface area (Å²) >= 11 is 0. The summed E-state index contributed by atoms with van der Waals surface area (Å²) in [5.74, 6) is 1.01. The third kappa shape index (κ3) is 2.65. The van der Waals surface area contributed by atoms with Crippen LogP contribution in [-0.4, -0.2) is 48.3 Å². The zero-order valence-corrected chi connectivity index (χ0v) is 9.48. The van der Waals surface area contributed by atoms with Gasteiger partial charge in [0.2, 0.25) is 0 Å². The van der Waals surface area contributed by atoms with Crippen molar-refractivity contribution in [3.63, 3.8) is 0 Å². The van der Waals surface area contributed by atoms with Crippen LogP contribution < -0.4 is 4.90 Å². The third-order valence-electron chi connectivity index (χ3n) is 2.83. The van der Waals surface area contributed by atoms with Crippen molar-refractivity contribution in [3.05, 3.63) is 17.8 Å². The van der Waals surface area contributed by atoms with Gasteiger partial charge in [-0.25, -0.2) is 0 Å². The van der Waals surface area contributed by atoms with Crippen LogP contribution >= 0.6 is 0 Å². The second-order valence-corrected chi connectivity index (χ2v) is 4.18. The number of nitrogens with zero attached hydrogens (tertiary/aromatic N) is 4. The van der Waals surface area contributed by atoms with E-state index >= 15 is 0 Å². The molecule has 15 heavy (non-hydrogen) atoms. The number of likely N-dealkylation sites (N-methyl/N-ethyl adjacent to an activating group) is 1. The fourth-order valence-corrected chi connectivity index (χ4v) is 1.84. The van der Waals surface area contributed by atoms with Crippen LogP contribution in [0.25, 0.3) is 0 Å². The summed E-state index contributed by atoms with van der Waals surface area (Å²) in [5.41, 5.74) is 0.977. The van der Waals surface area contributed by atoms with E-state index < -0.39 is 0 Å². The maximum Gasteiger partial charge on any atom is 0.151 e. The van der Waals surface area contributed by atoms with E-state index in [1.807, 2.05) is 13.0 Å². The van der Waals surface area contributed by atoms with Crippen LogP contribution in [0.15, 0.2) is 12.1 Å². The molecule has 0 amide bonds. The highest BCUT2D eigenvalue weighted by atomic mass is 15.3. The molecular weight excluding hydrogens is 188 g/mol. The van der Waals surface area contributed by atoms with Crippen molar-refractivity contribution < 1.29 is 0 Å². The lowest BCUT2D eigenvalue weighted by Crippen LogP contribution is -2.29. The molecule has 82 valence electrons. The van der Waals surface area contributed by atoms with E-state index in [9.17, 15) is 0 Å². The Labute approximate surface area is 90.9 Å². The molecule has 0 bridgehead atoms. The Morgan fingerprint density at radius 2 is 1.93 bits per heavy atom. The van der Waals surface area contributed by atoms with Crippen LogP contribution in [0.5, 0.6) is 0 Å². The van der Waals surface area contributed by atoms with Gasteiger partial charge in [0, 0.05) is 19.6 Å². The van der Waals surface area contributed by atoms with Crippen molar-refractivity contribution >= 4 is 5.82 Å². The summed E-state index contributed by atoms with van der Waals surface area (Å²) in [7, 11) is 2.17. The van der Waals surface area contributed by atoms with Crippen molar-refractivity contribution in [2.24, 2.45) is 0 Å². The smallest absolute Gasteiger partial charge is 0.151 e. The number of hydrogen-bond donors (Lipinski definition) is 0. The molecule has 1 fully saturated rings. The highest BCUT2D eigenvalue weighted by Gasteiger charge is 2.13. The van der Waals surface area contributed by atoms with Gasteiger partial charge in [0.05, 0.1) is 5.69 Å². The Morgan fingerprint density at radius 1 is 1.07 bits per heavy atom. The van der Waals surface area contributed by atoms with Gasteiger partial charge in [0.15, 0.2) is 5.82 Å². The minimum absolute atomic E-state index is 0.977. The lowest BCUT2D eigenvalue weighted by atomic mass is 10.3. The minimum Gasteiger partial charge on any atom is -0.354 e. The fraction of sp³-hybridized carbons (Fsp3) is 0.636. The predicted octanol–water partition coefficient (Wildman–Crippen LogP) is 0.927. The average Bonchev–Trinajstić information content (AvgIpc) is 2.44. The molecule has 1 aliphatic heterocycles. The van der Waals surface area contributed by atoms with Gasteiger partial charge < -0.3 is 9.80 Å². The number of aryl methyl sites for hydroxylation is 1. The molecule has 4 nitrogen and oxygen atoms in total. The molecular formula is C11H18N4. The number of hydrogen-bond acceptors (Lipinski definition) is 4. The average molecular weight is 206 g/mol. The first kappa shape index (κ1) is 10.4. The van der Waals surface area contributed by atoms with Crippen molar-refractivity contribution in [1.29, 1.82) is 0 Å². The van der Waals surface area contributed by atoms with Gasteiger partial charge in [-0.2, -0.15) is 5.10 Å². The van der Waals surface area contributed by atoms with Crippen molar-refractivity contribution in [2.45, 2.75) is 13.3 Å². The first-order valence-electron chi connectivity index (χ1n) is 5.49. The molecule has 2 heterocycles. The Morgan fingerprint density at radius 3 is 2.67 bits per heavy atom. The largest absolute Gasteiger partial charge is 0.354 e.